The van der Waals surface area contributed by atoms with Crippen molar-refractivity contribution in [3.63, 3.8) is 0 Å². The molecule has 1 aromatic carbocycles. The molecule has 0 aliphatic carbocycles. The van der Waals surface area contributed by atoms with Gasteiger partial charge in [-0.3, -0.25) is 14.8 Å². The largest absolute Gasteiger partial charge is 0.495 e. The van der Waals surface area contributed by atoms with Crippen molar-refractivity contribution in [3.8, 4) is 17.1 Å². The standard InChI is InChI=1S/C24H21N7O2/c1-15-20(23(32)28-18-7-3-4-8-19(18)33-2)21(17-6-5-11-26-14-17)31-24(27-15)29-22(30-31)16-9-12-25-13-10-16/h3-14,21H,1-2H3,(H,28,32)(H,27,29,30)/t21-/m0/s1. The molecule has 0 bridgehead atoms. The van der Waals surface area contributed by atoms with Crippen LogP contribution < -0.4 is 15.4 Å². The monoisotopic (exact) mass is 439 g/mol. The van der Waals surface area contributed by atoms with Crippen LogP contribution in [0.3, 0.4) is 0 Å². The molecule has 5 rings (SSSR count). The van der Waals surface area contributed by atoms with Gasteiger partial charge in [0.1, 0.15) is 11.8 Å². The fourth-order valence-electron chi connectivity index (χ4n) is 3.85. The summed E-state index contributed by atoms with van der Waals surface area (Å²) in [6, 6.07) is 14.2. The lowest BCUT2D eigenvalue weighted by atomic mass is 9.96. The van der Waals surface area contributed by atoms with Crippen LogP contribution in [0.5, 0.6) is 5.75 Å². The van der Waals surface area contributed by atoms with Crippen LogP contribution in [0.25, 0.3) is 11.4 Å². The minimum absolute atomic E-state index is 0.273. The Balaban J connectivity index is 1.59. The lowest BCUT2D eigenvalue weighted by Gasteiger charge is -2.28. The van der Waals surface area contributed by atoms with E-state index in [2.05, 4.69) is 25.6 Å². The maximum atomic E-state index is 13.6. The number of carbonyl (C=O) groups excluding carboxylic acids is 1. The second kappa shape index (κ2) is 8.54. The molecule has 9 heteroatoms. The van der Waals surface area contributed by atoms with Gasteiger partial charge in [0.15, 0.2) is 5.82 Å². The zero-order chi connectivity index (χ0) is 22.8. The number of fused-ring (bicyclic) bond motifs is 1. The highest BCUT2D eigenvalue weighted by Gasteiger charge is 2.34. The molecule has 33 heavy (non-hydrogen) atoms. The molecule has 1 amide bonds. The second-order valence-corrected chi connectivity index (χ2v) is 7.45. The lowest BCUT2D eigenvalue weighted by Crippen LogP contribution is -2.31. The van der Waals surface area contributed by atoms with E-state index in [1.807, 2.05) is 43.3 Å². The van der Waals surface area contributed by atoms with Gasteiger partial charge < -0.3 is 15.4 Å². The van der Waals surface area contributed by atoms with Crippen LogP contribution in [0.1, 0.15) is 18.5 Å². The normalized spacial score (nSPS) is 14.9. The van der Waals surface area contributed by atoms with E-state index in [1.54, 1.807) is 48.7 Å². The molecule has 3 aromatic heterocycles. The molecular formula is C24H21N7O2. The van der Waals surface area contributed by atoms with Crippen molar-refractivity contribution in [2.75, 3.05) is 17.7 Å². The summed E-state index contributed by atoms with van der Waals surface area (Å²) in [5, 5.41) is 10.9. The smallest absolute Gasteiger partial charge is 0.255 e. The maximum Gasteiger partial charge on any atom is 0.255 e. The Morgan fingerprint density at radius 2 is 1.88 bits per heavy atom. The summed E-state index contributed by atoms with van der Waals surface area (Å²) in [7, 11) is 1.57. The van der Waals surface area contributed by atoms with Gasteiger partial charge in [0.2, 0.25) is 5.95 Å². The van der Waals surface area contributed by atoms with E-state index in [0.717, 1.165) is 11.1 Å². The first kappa shape index (κ1) is 20.4. The highest BCUT2D eigenvalue weighted by molar-refractivity contribution is 6.06. The van der Waals surface area contributed by atoms with Crippen LogP contribution in [-0.2, 0) is 4.79 Å². The van der Waals surface area contributed by atoms with Gasteiger partial charge in [-0.25, -0.2) is 4.68 Å². The van der Waals surface area contributed by atoms with Crippen LogP contribution in [0.4, 0.5) is 11.6 Å². The number of rotatable bonds is 5. The average Bonchev–Trinajstić information content (AvgIpc) is 3.28. The van der Waals surface area contributed by atoms with E-state index in [4.69, 9.17) is 9.84 Å². The van der Waals surface area contributed by atoms with Crippen molar-refractivity contribution < 1.29 is 9.53 Å². The Labute approximate surface area is 190 Å². The summed E-state index contributed by atoms with van der Waals surface area (Å²) < 4.78 is 7.11. The second-order valence-electron chi connectivity index (χ2n) is 7.45. The van der Waals surface area contributed by atoms with Gasteiger partial charge in [0.25, 0.3) is 5.91 Å². The van der Waals surface area contributed by atoms with Crippen LogP contribution in [0.2, 0.25) is 0 Å². The molecule has 0 saturated carbocycles. The van der Waals surface area contributed by atoms with Crippen LogP contribution >= 0.6 is 0 Å². The Morgan fingerprint density at radius 3 is 2.64 bits per heavy atom. The van der Waals surface area contributed by atoms with Gasteiger partial charge in [-0.15, -0.1) is 5.10 Å². The molecule has 0 spiro atoms. The number of hydrogen-bond donors (Lipinski definition) is 2. The van der Waals surface area contributed by atoms with Crippen molar-refractivity contribution in [1.29, 1.82) is 0 Å². The number of amides is 1. The number of ether oxygens (including phenoxy) is 1. The average molecular weight is 439 g/mol. The van der Waals surface area contributed by atoms with Gasteiger partial charge >= 0.3 is 0 Å². The lowest BCUT2D eigenvalue weighted by molar-refractivity contribution is -0.113. The van der Waals surface area contributed by atoms with E-state index in [9.17, 15) is 4.79 Å². The molecular weight excluding hydrogens is 418 g/mol. The third-order valence-corrected chi connectivity index (χ3v) is 5.39. The summed E-state index contributed by atoms with van der Waals surface area (Å²) in [5.74, 6) is 1.38. The number of aromatic nitrogens is 5. The number of anilines is 2. The Morgan fingerprint density at radius 1 is 1.06 bits per heavy atom. The van der Waals surface area contributed by atoms with Gasteiger partial charge in [0, 0.05) is 36.0 Å². The fourth-order valence-corrected chi connectivity index (χ4v) is 3.85. The third kappa shape index (κ3) is 3.80. The Bertz CT molecular complexity index is 1330. The van der Waals surface area contributed by atoms with E-state index in [-0.39, 0.29) is 5.91 Å². The van der Waals surface area contributed by atoms with Crippen LogP contribution in [0.15, 0.2) is 84.6 Å². The fraction of sp³-hybridized carbons (Fsp3) is 0.125. The molecule has 164 valence electrons. The summed E-state index contributed by atoms with van der Waals surface area (Å²) in [6.45, 7) is 1.85. The van der Waals surface area contributed by atoms with Gasteiger partial charge in [0.05, 0.1) is 18.4 Å². The molecule has 2 N–H and O–H groups in total. The van der Waals surface area contributed by atoms with E-state index in [1.165, 1.54) is 0 Å². The Hall–Kier alpha value is -4.53. The highest BCUT2D eigenvalue weighted by atomic mass is 16.5. The summed E-state index contributed by atoms with van der Waals surface area (Å²) in [6.07, 6.45) is 6.81. The molecule has 0 saturated heterocycles. The zero-order valence-corrected chi connectivity index (χ0v) is 18.1. The number of carbonyl (C=O) groups is 1. The number of methoxy groups -OCH3 is 1. The summed E-state index contributed by atoms with van der Waals surface area (Å²) in [4.78, 5) is 26.5. The Kier molecular flexibility index (Phi) is 5.27. The minimum Gasteiger partial charge on any atom is -0.495 e. The zero-order valence-electron chi connectivity index (χ0n) is 18.1. The molecule has 4 aromatic rings. The highest BCUT2D eigenvalue weighted by Crippen LogP contribution is 2.37. The van der Waals surface area contributed by atoms with Crippen molar-refractivity contribution in [2.45, 2.75) is 13.0 Å². The van der Waals surface area contributed by atoms with Crippen molar-refractivity contribution in [2.24, 2.45) is 0 Å². The van der Waals surface area contributed by atoms with E-state index < -0.39 is 6.04 Å². The molecule has 0 unspecified atom stereocenters. The van der Waals surface area contributed by atoms with Crippen molar-refractivity contribution in [3.05, 3.63) is 90.2 Å². The number of para-hydroxylation sites is 2. The number of nitrogens with one attached hydrogen (secondary N) is 2. The summed E-state index contributed by atoms with van der Waals surface area (Å²) in [5.41, 5.74) is 3.41. The van der Waals surface area contributed by atoms with Crippen LogP contribution in [0, 0.1) is 0 Å². The number of allylic oxidation sites excluding steroid dienone is 1. The molecule has 4 heterocycles. The molecule has 9 nitrogen and oxygen atoms in total. The van der Waals surface area contributed by atoms with Crippen molar-refractivity contribution in [1.82, 2.24) is 24.7 Å². The molecule has 0 radical (unpaired) electrons. The van der Waals surface area contributed by atoms with Gasteiger partial charge in [-0.05, 0) is 42.8 Å². The number of nitrogens with zero attached hydrogens (tertiary/aromatic N) is 5. The third-order valence-electron chi connectivity index (χ3n) is 5.39. The first-order chi connectivity index (χ1) is 16.2. The van der Waals surface area contributed by atoms with Gasteiger partial charge in [-0.1, -0.05) is 18.2 Å². The molecule has 1 aliphatic heterocycles. The summed E-state index contributed by atoms with van der Waals surface area (Å²) >= 11 is 0. The SMILES string of the molecule is COc1ccccc1NC(=O)C1=C(C)Nc2nc(-c3ccncc3)nn2[C@H]1c1cccnc1. The first-order valence-corrected chi connectivity index (χ1v) is 10.3. The quantitative estimate of drug-likeness (QED) is 0.489. The number of hydrogen-bond acceptors (Lipinski definition) is 7. The van der Waals surface area contributed by atoms with E-state index in [0.29, 0.717) is 34.5 Å². The number of pyridine rings is 2. The topological polar surface area (TPSA) is 107 Å². The predicted octanol–water partition coefficient (Wildman–Crippen LogP) is 3.67. The van der Waals surface area contributed by atoms with Crippen molar-refractivity contribution >= 4 is 17.5 Å². The number of benzene rings is 1. The molecule has 0 fully saturated rings. The minimum atomic E-state index is -0.521. The first-order valence-electron chi connectivity index (χ1n) is 10.3. The van der Waals surface area contributed by atoms with E-state index >= 15 is 0 Å². The molecule has 1 aliphatic rings. The maximum absolute atomic E-state index is 13.6. The molecule has 1 atom stereocenters. The van der Waals surface area contributed by atoms with Crippen LogP contribution in [-0.4, -0.2) is 37.7 Å². The van der Waals surface area contributed by atoms with Gasteiger partial charge in [-0.2, -0.15) is 4.98 Å². The predicted molar refractivity (Wildman–Crippen MR) is 124 cm³/mol.